The summed E-state index contributed by atoms with van der Waals surface area (Å²) < 4.78 is 2.27. The van der Waals surface area contributed by atoms with E-state index < -0.39 is 0 Å². The van der Waals surface area contributed by atoms with Crippen LogP contribution in [0.25, 0.3) is 0 Å². The SMILES string of the molecule is CC(C)Cc1cnn(C2CCN([C@@H]3CCCC34CCC4)CC2)c1. The highest BCUT2D eigenvalue weighted by atomic mass is 15.3. The van der Waals surface area contributed by atoms with Crippen molar-refractivity contribution in [2.45, 2.75) is 83.7 Å². The largest absolute Gasteiger partial charge is 0.300 e. The molecule has 0 N–H and O–H groups in total. The van der Waals surface area contributed by atoms with Crippen molar-refractivity contribution in [3.63, 3.8) is 0 Å². The minimum Gasteiger partial charge on any atom is -0.300 e. The molecular formula is C20H33N3. The highest BCUT2D eigenvalue weighted by Crippen LogP contribution is 2.55. The number of rotatable bonds is 4. The summed E-state index contributed by atoms with van der Waals surface area (Å²) in [4.78, 5) is 2.85. The Balaban J connectivity index is 1.35. The van der Waals surface area contributed by atoms with Crippen LogP contribution < -0.4 is 0 Å². The van der Waals surface area contributed by atoms with E-state index in [0.717, 1.165) is 23.8 Å². The van der Waals surface area contributed by atoms with Gasteiger partial charge in [0.1, 0.15) is 0 Å². The minimum absolute atomic E-state index is 0.630. The maximum Gasteiger partial charge on any atom is 0.0543 e. The first-order valence-electron chi connectivity index (χ1n) is 9.93. The molecule has 3 aliphatic rings. The Labute approximate surface area is 141 Å². The Bertz CT molecular complexity index is 521. The van der Waals surface area contributed by atoms with E-state index in [9.17, 15) is 0 Å². The van der Waals surface area contributed by atoms with E-state index in [1.165, 1.54) is 70.0 Å². The quantitative estimate of drug-likeness (QED) is 0.819. The summed E-state index contributed by atoms with van der Waals surface area (Å²) in [5.41, 5.74) is 2.15. The second-order valence-corrected chi connectivity index (χ2v) is 8.82. The van der Waals surface area contributed by atoms with E-state index in [2.05, 4.69) is 40.9 Å². The van der Waals surface area contributed by atoms with Crippen LogP contribution >= 0.6 is 0 Å². The summed E-state index contributed by atoms with van der Waals surface area (Å²) in [6.07, 6.45) is 17.1. The van der Waals surface area contributed by atoms with Gasteiger partial charge in [0.15, 0.2) is 0 Å². The first-order valence-corrected chi connectivity index (χ1v) is 9.93. The lowest BCUT2D eigenvalue weighted by Gasteiger charge is -2.49. The van der Waals surface area contributed by atoms with E-state index in [-0.39, 0.29) is 0 Å². The zero-order valence-electron chi connectivity index (χ0n) is 15.0. The van der Waals surface area contributed by atoms with E-state index in [4.69, 9.17) is 0 Å². The van der Waals surface area contributed by atoms with Crippen LogP contribution in [0.4, 0.5) is 0 Å². The summed E-state index contributed by atoms with van der Waals surface area (Å²) in [6, 6.07) is 1.54. The fourth-order valence-corrected chi connectivity index (χ4v) is 5.52. The van der Waals surface area contributed by atoms with Crippen LogP contribution in [0.2, 0.25) is 0 Å². The highest BCUT2D eigenvalue weighted by Gasteiger charge is 2.49. The third-order valence-corrected chi connectivity index (χ3v) is 6.82. The Morgan fingerprint density at radius 3 is 2.52 bits per heavy atom. The van der Waals surface area contributed by atoms with Gasteiger partial charge in [-0.15, -0.1) is 0 Å². The molecule has 1 saturated heterocycles. The molecule has 0 unspecified atom stereocenters. The molecule has 128 valence electrons. The first-order chi connectivity index (χ1) is 11.2. The highest BCUT2D eigenvalue weighted by molar-refractivity contribution is 5.06. The number of hydrogen-bond acceptors (Lipinski definition) is 2. The van der Waals surface area contributed by atoms with Crippen molar-refractivity contribution in [1.29, 1.82) is 0 Å². The molecule has 23 heavy (non-hydrogen) atoms. The molecule has 3 fully saturated rings. The molecule has 1 atom stereocenters. The third-order valence-electron chi connectivity index (χ3n) is 6.82. The van der Waals surface area contributed by atoms with Gasteiger partial charge in [0, 0.05) is 25.3 Å². The molecule has 0 bridgehead atoms. The Morgan fingerprint density at radius 2 is 1.87 bits per heavy atom. The van der Waals surface area contributed by atoms with Gasteiger partial charge in [-0.25, -0.2) is 0 Å². The van der Waals surface area contributed by atoms with Gasteiger partial charge in [0.05, 0.1) is 12.2 Å². The summed E-state index contributed by atoms with van der Waals surface area (Å²) in [5, 5.41) is 4.67. The molecule has 3 heteroatoms. The maximum absolute atomic E-state index is 4.67. The number of hydrogen-bond donors (Lipinski definition) is 0. The van der Waals surface area contributed by atoms with Crippen molar-refractivity contribution in [1.82, 2.24) is 14.7 Å². The predicted octanol–water partition coefficient (Wildman–Crippen LogP) is 4.44. The molecule has 0 aromatic carbocycles. The predicted molar refractivity (Wildman–Crippen MR) is 94.5 cm³/mol. The summed E-state index contributed by atoms with van der Waals surface area (Å²) in [7, 11) is 0. The third kappa shape index (κ3) is 2.97. The van der Waals surface area contributed by atoms with E-state index in [1.54, 1.807) is 0 Å². The topological polar surface area (TPSA) is 21.1 Å². The molecule has 1 aromatic rings. The lowest BCUT2D eigenvalue weighted by molar-refractivity contribution is 0.00573. The van der Waals surface area contributed by atoms with Crippen molar-refractivity contribution in [3.8, 4) is 0 Å². The van der Waals surface area contributed by atoms with Crippen LogP contribution in [-0.4, -0.2) is 33.8 Å². The normalized spacial score (nSPS) is 28.6. The fourth-order valence-electron chi connectivity index (χ4n) is 5.52. The summed E-state index contributed by atoms with van der Waals surface area (Å²) in [5.74, 6) is 0.718. The zero-order valence-corrected chi connectivity index (χ0v) is 15.0. The number of likely N-dealkylation sites (tertiary alicyclic amines) is 1. The van der Waals surface area contributed by atoms with Crippen molar-refractivity contribution in [2.24, 2.45) is 11.3 Å². The zero-order chi connectivity index (χ0) is 15.9. The molecular weight excluding hydrogens is 282 g/mol. The summed E-state index contributed by atoms with van der Waals surface area (Å²) in [6.45, 7) is 7.15. The van der Waals surface area contributed by atoms with Gasteiger partial charge in [-0.05, 0) is 61.8 Å². The second kappa shape index (κ2) is 6.23. The molecule has 1 aliphatic heterocycles. The Kier molecular flexibility index (Phi) is 4.25. The van der Waals surface area contributed by atoms with Crippen molar-refractivity contribution < 1.29 is 0 Å². The molecule has 1 spiro atoms. The van der Waals surface area contributed by atoms with Gasteiger partial charge in [0.25, 0.3) is 0 Å². The number of nitrogens with zero attached hydrogens (tertiary/aromatic N) is 3. The molecule has 4 rings (SSSR count). The van der Waals surface area contributed by atoms with Gasteiger partial charge in [-0.2, -0.15) is 5.10 Å². The Hall–Kier alpha value is -0.830. The van der Waals surface area contributed by atoms with E-state index >= 15 is 0 Å². The lowest BCUT2D eigenvalue weighted by atomic mass is 9.64. The van der Waals surface area contributed by atoms with Crippen LogP contribution in [-0.2, 0) is 6.42 Å². The standard InChI is InChI=1S/C20H33N3/c1-16(2)13-17-14-21-23(15-17)18-6-11-22(12-7-18)19-5-3-8-20(19)9-4-10-20/h14-16,18-19H,3-13H2,1-2H3/t19-/m1/s1. The average molecular weight is 316 g/mol. The van der Waals surface area contributed by atoms with Crippen LogP contribution in [0.5, 0.6) is 0 Å². The maximum atomic E-state index is 4.67. The van der Waals surface area contributed by atoms with Gasteiger partial charge in [-0.1, -0.05) is 26.7 Å². The fraction of sp³-hybridized carbons (Fsp3) is 0.850. The van der Waals surface area contributed by atoms with Crippen molar-refractivity contribution >= 4 is 0 Å². The van der Waals surface area contributed by atoms with Crippen LogP contribution in [0.15, 0.2) is 12.4 Å². The smallest absolute Gasteiger partial charge is 0.0543 e. The number of aromatic nitrogens is 2. The van der Waals surface area contributed by atoms with Crippen LogP contribution in [0, 0.1) is 11.3 Å². The van der Waals surface area contributed by atoms with E-state index in [1.807, 2.05) is 0 Å². The summed E-state index contributed by atoms with van der Waals surface area (Å²) >= 11 is 0. The average Bonchev–Trinajstić information content (AvgIpc) is 3.13. The van der Waals surface area contributed by atoms with Crippen molar-refractivity contribution in [2.75, 3.05) is 13.1 Å². The molecule has 2 heterocycles. The monoisotopic (exact) mass is 315 g/mol. The van der Waals surface area contributed by atoms with Crippen LogP contribution in [0.3, 0.4) is 0 Å². The molecule has 0 radical (unpaired) electrons. The van der Waals surface area contributed by atoms with Gasteiger partial charge in [0.2, 0.25) is 0 Å². The Morgan fingerprint density at radius 1 is 1.13 bits per heavy atom. The van der Waals surface area contributed by atoms with Crippen molar-refractivity contribution in [3.05, 3.63) is 18.0 Å². The second-order valence-electron chi connectivity index (χ2n) is 8.82. The molecule has 3 nitrogen and oxygen atoms in total. The molecule has 2 aliphatic carbocycles. The lowest BCUT2D eigenvalue weighted by Crippen LogP contribution is -2.50. The van der Waals surface area contributed by atoms with Crippen LogP contribution in [0.1, 0.15) is 76.8 Å². The first kappa shape index (κ1) is 15.7. The molecule has 1 aromatic heterocycles. The van der Waals surface area contributed by atoms with Gasteiger partial charge in [-0.3, -0.25) is 9.58 Å². The number of piperidine rings is 1. The minimum atomic E-state index is 0.630. The van der Waals surface area contributed by atoms with Gasteiger partial charge >= 0.3 is 0 Å². The van der Waals surface area contributed by atoms with E-state index in [0.29, 0.717) is 6.04 Å². The molecule has 0 amide bonds. The van der Waals surface area contributed by atoms with Gasteiger partial charge < -0.3 is 0 Å². The molecule has 2 saturated carbocycles.